The fourth-order valence-electron chi connectivity index (χ4n) is 4.56. The normalized spacial score (nSPS) is 51.8. The van der Waals surface area contributed by atoms with Gasteiger partial charge < -0.3 is 9.84 Å². The molecule has 96 valence electrons. The molecule has 4 aliphatic carbocycles. The zero-order valence-corrected chi connectivity index (χ0v) is 12.5. The monoisotopic (exact) mass is 370 g/mol. The van der Waals surface area contributed by atoms with Gasteiger partial charge in [-0.2, -0.15) is 0 Å². The van der Waals surface area contributed by atoms with Gasteiger partial charge >= 0.3 is 0 Å². The zero-order chi connectivity index (χ0) is 12.3. The van der Waals surface area contributed by atoms with Crippen molar-refractivity contribution in [1.29, 1.82) is 0 Å². The van der Waals surface area contributed by atoms with E-state index in [2.05, 4.69) is 22.6 Å². The van der Waals surface area contributed by atoms with Crippen molar-refractivity contribution in [3.63, 3.8) is 0 Å². The Bertz CT molecular complexity index is 355. The number of carbonyl (C=O) groups is 1. The first kappa shape index (κ1) is 12.6. The summed E-state index contributed by atoms with van der Waals surface area (Å²) in [6.45, 7) is -0.0307. The lowest BCUT2D eigenvalue weighted by molar-refractivity contribution is -0.208. The molecule has 0 aromatic heterocycles. The Morgan fingerprint density at radius 3 is 2.71 bits per heavy atom. The van der Waals surface area contributed by atoms with Crippen molar-refractivity contribution >= 4 is 39.4 Å². The van der Waals surface area contributed by atoms with Crippen molar-refractivity contribution < 1.29 is 14.6 Å². The van der Waals surface area contributed by atoms with Crippen LogP contribution in [-0.2, 0) is 9.53 Å². The quantitative estimate of drug-likeness (QED) is 0.471. The Balaban J connectivity index is 1.84. The van der Waals surface area contributed by atoms with Gasteiger partial charge in [0, 0.05) is 9.84 Å². The lowest BCUT2D eigenvalue weighted by atomic mass is 9.52. The van der Waals surface area contributed by atoms with E-state index in [1.165, 1.54) is 6.42 Å². The molecule has 0 saturated heterocycles. The van der Waals surface area contributed by atoms with E-state index >= 15 is 0 Å². The second-order valence-corrected chi connectivity index (χ2v) is 8.92. The van der Waals surface area contributed by atoms with Crippen LogP contribution in [0.3, 0.4) is 0 Å². The van der Waals surface area contributed by atoms with Crippen molar-refractivity contribution in [3.05, 3.63) is 0 Å². The minimum Gasteiger partial charge on any atom is -0.390 e. The first-order valence-electron chi connectivity index (χ1n) is 6.06. The molecule has 4 saturated carbocycles. The number of carbonyl (C=O) groups excluding carboxylic acids is 1. The molecule has 4 aliphatic rings. The Labute approximate surface area is 119 Å². The van der Waals surface area contributed by atoms with Gasteiger partial charge in [-0.3, -0.25) is 4.79 Å². The molecule has 17 heavy (non-hydrogen) atoms. The second-order valence-electron chi connectivity index (χ2n) is 6.21. The summed E-state index contributed by atoms with van der Waals surface area (Å²) in [5.41, 5.74) is -0.879. The molecule has 0 aromatic rings. The zero-order valence-electron chi connectivity index (χ0n) is 9.55. The van der Waals surface area contributed by atoms with E-state index in [-0.39, 0.29) is 15.6 Å². The minimum absolute atomic E-state index is 0.0307. The largest absolute Gasteiger partial charge is 0.390 e. The smallest absolute Gasteiger partial charge is 0.247 e. The minimum atomic E-state index is -0.573. The fraction of sp³-hybridized carbons (Fsp3) is 0.917. The van der Waals surface area contributed by atoms with Gasteiger partial charge in [0.25, 0.3) is 0 Å². The number of halogens is 2. The third-order valence-corrected chi connectivity index (χ3v) is 5.72. The molecule has 5 heteroatoms. The lowest BCUT2D eigenvalue weighted by Crippen LogP contribution is -2.64. The van der Waals surface area contributed by atoms with Crippen molar-refractivity contribution in [3.8, 4) is 0 Å². The summed E-state index contributed by atoms with van der Waals surface area (Å²) in [7, 11) is 0. The maximum Gasteiger partial charge on any atom is 0.247 e. The molecular weight excluding hydrogens is 354 g/mol. The van der Waals surface area contributed by atoms with Crippen LogP contribution in [0.1, 0.15) is 38.5 Å². The van der Waals surface area contributed by atoms with Gasteiger partial charge in [0.15, 0.2) is 0 Å². The summed E-state index contributed by atoms with van der Waals surface area (Å²) < 4.78 is 5.94. The number of hydrogen-bond donors (Lipinski definition) is 1. The third kappa shape index (κ3) is 2.26. The molecule has 0 spiro atoms. The van der Waals surface area contributed by atoms with Gasteiger partial charge in [0.05, 0.1) is 11.2 Å². The van der Waals surface area contributed by atoms with E-state index < -0.39 is 10.8 Å². The van der Waals surface area contributed by atoms with E-state index in [1.807, 2.05) is 0 Å². The van der Waals surface area contributed by atoms with Gasteiger partial charge in [0.1, 0.15) is 6.61 Å². The first-order valence-corrected chi connectivity index (χ1v) is 7.52. The predicted octanol–water partition coefficient (Wildman–Crippen LogP) is 2.41. The molecule has 4 rings (SSSR count). The molecule has 0 aliphatic heterocycles. The SMILES string of the molecule is O=C(Cl)COC12CC3CC(O)(CC(I)(C3)C1)C2. The topological polar surface area (TPSA) is 46.5 Å². The van der Waals surface area contributed by atoms with Gasteiger partial charge in [-0.15, -0.1) is 0 Å². The molecule has 4 fully saturated rings. The van der Waals surface area contributed by atoms with Crippen LogP contribution in [-0.4, -0.2) is 31.6 Å². The molecule has 0 heterocycles. The highest BCUT2D eigenvalue weighted by molar-refractivity contribution is 14.1. The van der Waals surface area contributed by atoms with Crippen LogP contribution >= 0.6 is 34.2 Å². The van der Waals surface area contributed by atoms with Gasteiger partial charge in [-0.1, -0.05) is 22.6 Å². The first-order chi connectivity index (χ1) is 7.82. The third-order valence-electron chi connectivity index (χ3n) is 4.41. The summed E-state index contributed by atoms with van der Waals surface area (Å²) >= 11 is 7.84. The Hall–Kier alpha value is 0.610. The average molecular weight is 371 g/mol. The van der Waals surface area contributed by atoms with Gasteiger partial charge in [0.2, 0.25) is 5.24 Å². The van der Waals surface area contributed by atoms with Crippen LogP contribution in [0.4, 0.5) is 0 Å². The van der Waals surface area contributed by atoms with Crippen molar-refractivity contribution in [2.75, 3.05) is 6.61 Å². The highest BCUT2D eigenvalue weighted by atomic mass is 127. The number of aliphatic hydroxyl groups is 1. The van der Waals surface area contributed by atoms with Crippen LogP contribution in [0.5, 0.6) is 0 Å². The van der Waals surface area contributed by atoms with Crippen molar-refractivity contribution in [2.24, 2.45) is 5.92 Å². The van der Waals surface area contributed by atoms with E-state index in [0.717, 1.165) is 25.7 Å². The summed E-state index contributed by atoms with van der Waals surface area (Å²) in [5, 5.41) is 10.1. The number of rotatable bonds is 3. The van der Waals surface area contributed by atoms with E-state index in [9.17, 15) is 9.90 Å². The van der Waals surface area contributed by atoms with Crippen molar-refractivity contribution in [2.45, 2.75) is 53.1 Å². The summed E-state index contributed by atoms with van der Waals surface area (Å²) in [4.78, 5) is 10.9. The molecule has 0 aromatic carbocycles. The average Bonchev–Trinajstić information content (AvgIpc) is 2.08. The molecule has 4 bridgehead atoms. The fourth-order valence-corrected chi connectivity index (χ4v) is 6.64. The highest BCUT2D eigenvalue weighted by Gasteiger charge is 2.63. The lowest BCUT2D eigenvalue weighted by Gasteiger charge is -2.62. The molecule has 0 radical (unpaired) electrons. The Kier molecular flexibility index (Phi) is 2.83. The second kappa shape index (κ2) is 3.81. The van der Waals surface area contributed by atoms with E-state index in [4.69, 9.17) is 16.3 Å². The van der Waals surface area contributed by atoms with Crippen LogP contribution in [0.15, 0.2) is 0 Å². The summed E-state index contributed by atoms with van der Waals surface area (Å²) in [6, 6.07) is 0. The Morgan fingerprint density at radius 2 is 2.12 bits per heavy atom. The molecular formula is C12H16ClIO3. The van der Waals surface area contributed by atoms with E-state index in [1.54, 1.807) is 0 Å². The number of hydrogen-bond acceptors (Lipinski definition) is 3. The summed E-state index contributed by atoms with van der Waals surface area (Å²) in [5.74, 6) is 0.540. The van der Waals surface area contributed by atoms with Crippen LogP contribution in [0, 0.1) is 5.92 Å². The maximum absolute atomic E-state index is 10.9. The standard InChI is InChI=1S/C12H16ClIO3/c13-9(15)4-17-12-3-8-1-10(14,6-12)5-11(16,2-8)7-12/h8,16H,1-7H2. The highest BCUT2D eigenvalue weighted by Crippen LogP contribution is 2.63. The van der Waals surface area contributed by atoms with Crippen LogP contribution in [0.25, 0.3) is 0 Å². The van der Waals surface area contributed by atoms with Gasteiger partial charge in [-0.05, 0) is 49.6 Å². The number of ether oxygens (including phenoxy) is 1. The van der Waals surface area contributed by atoms with E-state index in [0.29, 0.717) is 12.3 Å². The number of alkyl halides is 1. The maximum atomic E-state index is 10.9. The van der Waals surface area contributed by atoms with Gasteiger partial charge in [-0.25, -0.2) is 0 Å². The predicted molar refractivity (Wildman–Crippen MR) is 72.4 cm³/mol. The van der Waals surface area contributed by atoms with Crippen LogP contribution in [0.2, 0.25) is 0 Å². The van der Waals surface area contributed by atoms with Crippen molar-refractivity contribution in [1.82, 2.24) is 0 Å². The molecule has 4 atom stereocenters. The van der Waals surface area contributed by atoms with Crippen LogP contribution < -0.4 is 0 Å². The Morgan fingerprint density at radius 1 is 1.35 bits per heavy atom. The molecule has 1 N–H and O–H groups in total. The molecule has 4 unspecified atom stereocenters. The molecule has 0 amide bonds. The summed E-state index contributed by atoms with van der Waals surface area (Å²) in [6.07, 6.45) is 5.55. The molecule has 3 nitrogen and oxygen atoms in total.